The normalized spacial score (nSPS) is 13.4. The van der Waals surface area contributed by atoms with Crippen molar-refractivity contribution < 1.29 is 17.9 Å². The number of carbonyl (C=O) groups is 1. The lowest BCUT2D eigenvalue weighted by atomic mass is 10.1. The number of nitrogens with one attached hydrogen (secondary N) is 2. The van der Waals surface area contributed by atoms with Gasteiger partial charge in [0.1, 0.15) is 10.6 Å². The Hall–Kier alpha value is -1.05. The molecule has 0 aliphatic carbocycles. The molecular weight excluding hydrogens is 304 g/mol. The maximum Gasteiger partial charge on any atom is 0.268 e. The van der Waals surface area contributed by atoms with Gasteiger partial charge in [-0.25, -0.2) is 8.42 Å². The van der Waals surface area contributed by atoms with E-state index in [-0.39, 0.29) is 22.5 Å². The zero-order valence-corrected chi connectivity index (χ0v) is 13.2. The summed E-state index contributed by atoms with van der Waals surface area (Å²) in [6, 6.07) is 1.05. The van der Waals surface area contributed by atoms with Gasteiger partial charge in [0.05, 0.1) is 12.6 Å². The smallest absolute Gasteiger partial charge is 0.268 e. The summed E-state index contributed by atoms with van der Waals surface area (Å²) in [6.45, 7) is 6.78. The zero-order chi connectivity index (χ0) is 15.3. The number of aromatic amines is 1. The van der Waals surface area contributed by atoms with Crippen LogP contribution in [0.5, 0.6) is 0 Å². The van der Waals surface area contributed by atoms with Crippen molar-refractivity contribution in [2.24, 2.45) is 5.92 Å². The van der Waals surface area contributed by atoms with Crippen LogP contribution in [0.2, 0.25) is 0 Å². The van der Waals surface area contributed by atoms with Crippen LogP contribution in [-0.4, -0.2) is 38.6 Å². The lowest BCUT2D eigenvalue weighted by Crippen LogP contribution is -2.42. The second-order valence-electron chi connectivity index (χ2n) is 4.67. The van der Waals surface area contributed by atoms with Crippen LogP contribution in [0.3, 0.4) is 0 Å². The fourth-order valence-electron chi connectivity index (χ4n) is 1.54. The molecule has 114 valence electrons. The number of aromatic nitrogens is 1. The van der Waals surface area contributed by atoms with Gasteiger partial charge < -0.3 is 15.0 Å². The molecule has 0 saturated heterocycles. The van der Waals surface area contributed by atoms with E-state index >= 15 is 0 Å². The lowest BCUT2D eigenvalue weighted by Gasteiger charge is -2.21. The second kappa shape index (κ2) is 7.10. The molecule has 2 N–H and O–H groups in total. The Kier molecular flexibility index (Phi) is 6.04. The van der Waals surface area contributed by atoms with Gasteiger partial charge in [0.2, 0.25) is 0 Å². The summed E-state index contributed by atoms with van der Waals surface area (Å²) >= 11 is 0. The Morgan fingerprint density at radius 3 is 2.60 bits per heavy atom. The number of hydrogen-bond acceptors (Lipinski definition) is 4. The van der Waals surface area contributed by atoms with Gasteiger partial charge in [-0.05, 0) is 18.9 Å². The Balaban J connectivity index is 2.76. The van der Waals surface area contributed by atoms with Gasteiger partial charge in [0, 0.05) is 23.5 Å². The molecule has 0 aliphatic heterocycles. The Morgan fingerprint density at radius 2 is 2.15 bits per heavy atom. The van der Waals surface area contributed by atoms with Crippen molar-refractivity contribution >= 4 is 25.6 Å². The molecule has 0 bridgehead atoms. The van der Waals surface area contributed by atoms with Gasteiger partial charge in [0.15, 0.2) is 0 Å². The molecule has 1 unspecified atom stereocenters. The summed E-state index contributed by atoms with van der Waals surface area (Å²) in [5, 5.41) is 2.80. The number of H-pyrrole nitrogens is 1. The Labute approximate surface area is 123 Å². The van der Waals surface area contributed by atoms with Crippen LogP contribution in [0.1, 0.15) is 31.3 Å². The minimum Gasteiger partial charge on any atom is -0.380 e. The topological polar surface area (TPSA) is 88.3 Å². The Morgan fingerprint density at radius 1 is 1.50 bits per heavy atom. The SMILES string of the molecule is CCOCC(NC(=O)c1cc(S(=O)(=O)Cl)c[nH]1)C(C)C. The molecule has 0 aliphatic rings. The lowest BCUT2D eigenvalue weighted by molar-refractivity contribution is 0.0802. The molecule has 0 spiro atoms. The first kappa shape index (κ1) is 17.0. The van der Waals surface area contributed by atoms with E-state index in [1.54, 1.807) is 0 Å². The molecule has 1 aromatic rings. The monoisotopic (exact) mass is 322 g/mol. The highest BCUT2D eigenvalue weighted by molar-refractivity contribution is 8.13. The summed E-state index contributed by atoms with van der Waals surface area (Å²) < 4.78 is 27.6. The summed E-state index contributed by atoms with van der Waals surface area (Å²) in [7, 11) is 1.36. The van der Waals surface area contributed by atoms with E-state index in [2.05, 4.69) is 10.3 Å². The number of carbonyl (C=O) groups excluding carboxylic acids is 1. The molecule has 6 nitrogen and oxygen atoms in total. The van der Waals surface area contributed by atoms with Crippen LogP contribution in [0.15, 0.2) is 17.2 Å². The van der Waals surface area contributed by atoms with Crippen molar-refractivity contribution in [3.8, 4) is 0 Å². The molecule has 0 fully saturated rings. The molecule has 1 aromatic heterocycles. The van der Waals surface area contributed by atoms with Crippen LogP contribution in [0.25, 0.3) is 0 Å². The highest BCUT2D eigenvalue weighted by Crippen LogP contribution is 2.16. The van der Waals surface area contributed by atoms with E-state index in [9.17, 15) is 13.2 Å². The number of rotatable bonds is 7. The predicted octanol–water partition coefficient (Wildman–Crippen LogP) is 1.73. The van der Waals surface area contributed by atoms with E-state index in [1.807, 2.05) is 20.8 Å². The standard InChI is InChI=1S/C12H19ClN2O4S/c1-4-19-7-11(8(2)3)15-12(16)10-5-9(6-14-10)20(13,17)18/h5-6,8,11,14H,4,7H2,1-3H3,(H,15,16). The average molecular weight is 323 g/mol. The van der Waals surface area contributed by atoms with Crippen molar-refractivity contribution in [1.29, 1.82) is 0 Å². The van der Waals surface area contributed by atoms with Crippen molar-refractivity contribution in [3.05, 3.63) is 18.0 Å². The first-order valence-corrected chi connectivity index (χ1v) is 8.58. The average Bonchev–Trinajstić information content (AvgIpc) is 2.83. The molecule has 0 radical (unpaired) electrons. The van der Waals surface area contributed by atoms with E-state index in [0.717, 1.165) is 0 Å². The van der Waals surface area contributed by atoms with Gasteiger partial charge in [-0.3, -0.25) is 4.79 Å². The minimum atomic E-state index is -3.84. The van der Waals surface area contributed by atoms with Crippen LogP contribution < -0.4 is 5.32 Å². The maximum atomic E-state index is 12.0. The van der Waals surface area contributed by atoms with Crippen LogP contribution in [-0.2, 0) is 13.8 Å². The van der Waals surface area contributed by atoms with Crippen LogP contribution >= 0.6 is 10.7 Å². The van der Waals surface area contributed by atoms with Crippen molar-refractivity contribution in [2.75, 3.05) is 13.2 Å². The first-order valence-electron chi connectivity index (χ1n) is 6.27. The van der Waals surface area contributed by atoms with E-state index < -0.39 is 15.0 Å². The van der Waals surface area contributed by atoms with Crippen molar-refractivity contribution in [2.45, 2.75) is 31.7 Å². The second-order valence-corrected chi connectivity index (χ2v) is 7.24. The van der Waals surface area contributed by atoms with E-state index in [4.69, 9.17) is 15.4 Å². The number of hydrogen-bond donors (Lipinski definition) is 2. The fraction of sp³-hybridized carbons (Fsp3) is 0.583. The molecule has 0 saturated carbocycles. The predicted molar refractivity (Wildman–Crippen MR) is 76.4 cm³/mol. The van der Waals surface area contributed by atoms with Crippen molar-refractivity contribution in [1.82, 2.24) is 10.3 Å². The van der Waals surface area contributed by atoms with Gasteiger partial charge in [-0.15, -0.1) is 0 Å². The molecule has 1 rings (SSSR count). The maximum absolute atomic E-state index is 12.0. The molecule has 8 heteroatoms. The third kappa shape index (κ3) is 4.81. The van der Waals surface area contributed by atoms with Gasteiger partial charge >= 0.3 is 0 Å². The largest absolute Gasteiger partial charge is 0.380 e. The molecule has 1 heterocycles. The van der Waals surface area contributed by atoms with Crippen LogP contribution in [0, 0.1) is 5.92 Å². The van der Waals surface area contributed by atoms with Crippen LogP contribution in [0.4, 0.5) is 0 Å². The summed E-state index contributed by atoms with van der Waals surface area (Å²) in [5.74, 6) is -0.202. The highest BCUT2D eigenvalue weighted by Gasteiger charge is 2.20. The molecule has 1 amide bonds. The fourth-order valence-corrected chi connectivity index (χ4v) is 2.26. The Bertz CT molecular complexity index is 554. The summed E-state index contributed by atoms with van der Waals surface area (Å²) in [4.78, 5) is 14.5. The number of ether oxygens (including phenoxy) is 1. The zero-order valence-electron chi connectivity index (χ0n) is 11.6. The minimum absolute atomic E-state index is 0.129. The summed E-state index contributed by atoms with van der Waals surface area (Å²) in [5.41, 5.74) is 0.145. The van der Waals surface area contributed by atoms with Crippen molar-refractivity contribution in [3.63, 3.8) is 0 Å². The third-order valence-corrected chi connectivity index (χ3v) is 4.14. The molecular formula is C12H19ClN2O4S. The van der Waals surface area contributed by atoms with Gasteiger partial charge in [-0.2, -0.15) is 0 Å². The molecule has 1 atom stereocenters. The van der Waals surface area contributed by atoms with E-state index in [1.165, 1.54) is 12.3 Å². The number of halogens is 1. The molecule has 20 heavy (non-hydrogen) atoms. The highest BCUT2D eigenvalue weighted by atomic mass is 35.7. The summed E-state index contributed by atoms with van der Waals surface area (Å²) in [6.07, 6.45) is 1.18. The van der Waals surface area contributed by atoms with E-state index in [0.29, 0.717) is 13.2 Å². The van der Waals surface area contributed by atoms with Gasteiger partial charge in [0.25, 0.3) is 15.0 Å². The quantitative estimate of drug-likeness (QED) is 0.748. The molecule has 0 aromatic carbocycles. The first-order chi connectivity index (χ1) is 9.25. The third-order valence-electron chi connectivity index (χ3n) is 2.81. The van der Waals surface area contributed by atoms with Gasteiger partial charge in [-0.1, -0.05) is 13.8 Å². The number of amides is 1.